The Morgan fingerprint density at radius 2 is 1.74 bits per heavy atom. The number of aliphatic hydroxyl groups is 3. The number of halogens is 5. The van der Waals surface area contributed by atoms with E-state index in [1.807, 2.05) is 25.1 Å². The molecule has 0 bridgehead atoms. The number of aromatic nitrogens is 1. The largest absolute Gasteiger partial charge is 0.479 e. The number of benzene rings is 2. The van der Waals surface area contributed by atoms with Crippen molar-refractivity contribution >= 4 is 28.5 Å². The Morgan fingerprint density at radius 1 is 1.09 bits per heavy atom. The highest BCUT2D eigenvalue weighted by Crippen LogP contribution is 2.31. The van der Waals surface area contributed by atoms with Crippen molar-refractivity contribution in [1.82, 2.24) is 15.2 Å². The Bertz CT molecular complexity index is 1410. The van der Waals surface area contributed by atoms with Gasteiger partial charge in [0.05, 0.1) is 20.3 Å². The number of aliphatic carboxylic acids is 1. The van der Waals surface area contributed by atoms with Crippen molar-refractivity contribution in [1.29, 1.82) is 0 Å². The second-order valence-electron chi connectivity index (χ2n) is 10.7. The third-order valence-electron chi connectivity index (χ3n) is 7.03. The summed E-state index contributed by atoms with van der Waals surface area (Å²) in [6.45, 7) is 2.35. The molecule has 16 heteroatoms. The molecule has 3 aromatic rings. The Hall–Kier alpha value is -3.83. The van der Waals surface area contributed by atoms with Crippen LogP contribution in [0.1, 0.15) is 24.6 Å². The lowest BCUT2D eigenvalue weighted by atomic mass is 9.97. The maximum absolute atomic E-state index is 13.4. The van der Waals surface area contributed by atoms with Crippen molar-refractivity contribution in [2.24, 2.45) is 0 Å². The molecule has 0 amide bonds. The van der Waals surface area contributed by atoms with Crippen molar-refractivity contribution in [3.05, 3.63) is 65.4 Å². The smallest absolute Gasteiger partial charge is 0.338 e. The fraction of sp³-hybridized carbons (Fsp3) is 0.484. The molecule has 0 fully saturated rings. The Labute approximate surface area is 268 Å². The first-order valence-electron chi connectivity index (χ1n) is 14.7. The number of hydrogen-bond donors (Lipinski definition) is 7. The lowest BCUT2D eigenvalue weighted by Crippen LogP contribution is -2.46. The van der Waals surface area contributed by atoms with E-state index in [9.17, 15) is 31.5 Å². The molecule has 0 saturated heterocycles. The zero-order valence-corrected chi connectivity index (χ0v) is 26.0. The number of esters is 1. The summed E-state index contributed by atoms with van der Waals surface area (Å²) in [6, 6.07) is 11.3. The normalized spacial score (nSPS) is 15.7. The lowest BCUT2D eigenvalue weighted by molar-refractivity contribution is -0.167. The van der Waals surface area contributed by atoms with Gasteiger partial charge in [-0.3, -0.25) is 9.29 Å². The van der Waals surface area contributed by atoms with Gasteiger partial charge in [0.1, 0.15) is 18.2 Å². The molecule has 1 aliphatic rings. The average molecular weight is 677 g/mol. The standard InChI is InChI=1S/C15H18F2N2O.C11H15F3N2.C5H8O6/c1-10-6-12-11-4-2-3-5-13(11)18-14(12)7-19(10)8-15(16,17)9-20;12-2-1-3-15-4-5-16-11-7-9(13)6-10(14)8-11;1-11-5(10)3(7)2(6)4(8)9/h2-5,10,18,20H,6-9H2,1H3;6-8,15-16H,1-5H2;2-3,6-7H,1H3,(H,8,9)/t10-;;/m1../s1. The van der Waals surface area contributed by atoms with Gasteiger partial charge in [-0.1, -0.05) is 18.2 Å². The molecule has 0 radical (unpaired) electrons. The number of aliphatic hydroxyl groups excluding tert-OH is 3. The van der Waals surface area contributed by atoms with Gasteiger partial charge in [-0.15, -0.1) is 0 Å². The summed E-state index contributed by atoms with van der Waals surface area (Å²) < 4.78 is 68.0. The number of alkyl halides is 3. The molecule has 0 spiro atoms. The van der Waals surface area contributed by atoms with E-state index in [0.717, 1.165) is 30.8 Å². The summed E-state index contributed by atoms with van der Waals surface area (Å²) >= 11 is 0. The highest BCUT2D eigenvalue weighted by molar-refractivity contribution is 5.85. The van der Waals surface area contributed by atoms with Crippen molar-refractivity contribution in [2.75, 3.05) is 51.9 Å². The van der Waals surface area contributed by atoms with Crippen molar-refractivity contribution in [2.45, 2.75) is 50.5 Å². The summed E-state index contributed by atoms with van der Waals surface area (Å²) in [5, 5.41) is 41.1. The fourth-order valence-corrected chi connectivity index (χ4v) is 4.62. The van der Waals surface area contributed by atoms with Gasteiger partial charge >= 0.3 is 11.9 Å². The van der Waals surface area contributed by atoms with Crippen LogP contribution in [0.2, 0.25) is 0 Å². The van der Waals surface area contributed by atoms with E-state index in [-0.39, 0.29) is 12.7 Å². The minimum Gasteiger partial charge on any atom is -0.479 e. The molecule has 2 heterocycles. The molecule has 0 aliphatic carbocycles. The number of H-pyrrole nitrogens is 1. The van der Waals surface area contributed by atoms with E-state index in [2.05, 4.69) is 26.4 Å². The van der Waals surface area contributed by atoms with Crippen LogP contribution in [0.25, 0.3) is 10.9 Å². The molecule has 11 nitrogen and oxygen atoms in total. The van der Waals surface area contributed by atoms with Crippen LogP contribution in [0.5, 0.6) is 0 Å². The quantitative estimate of drug-likeness (QED) is 0.0813. The topological polar surface area (TPSA) is 167 Å². The van der Waals surface area contributed by atoms with Crippen LogP contribution >= 0.6 is 0 Å². The van der Waals surface area contributed by atoms with Crippen molar-refractivity contribution in [3.63, 3.8) is 0 Å². The molecule has 262 valence electrons. The van der Waals surface area contributed by atoms with Gasteiger partial charge in [0.15, 0.2) is 12.2 Å². The summed E-state index contributed by atoms with van der Waals surface area (Å²) in [5.74, 6) is -7.11. The van der Waals surface area contributed by atoms with Gasteiger partial charge in [0.25, 0.3) is 5.92 Å². The number of carbonyl (C=O) groups excluding carboxylic acids is 1. The minimum absolute atomic E-state index is 0.0409. The molecule has 2 unspecified atom stereocenters. The van der Waals surface area contributed by atoms with Crippen LogP contribution in [0.4, 0.5) is 27.6 Å². The summed E-state index contributed by atoms with van der Waals surface area (Å²) in [5.41, 5.74) is 3.71. The molecule has 7 N–H and O–H groups in total. The SMILES string of the molecule is COC(=O)C(O)C(O)C(=O)O.C[C@@H]1Cc2c([nH]c3ccccc23)CN1CC(F)(F)CO.FCCCNCCNc1cc(F)cc(F)c1. The number of para-hydroxylation sites is 1. The molecule has 1 aromatic heterocycles. The number of fused-ring (bicyclic) bond motifs is 3. The Kier molecular flexibility index (Phi) is 16.0. The number of nitrogens with one attached hydrogen (secondary N) is 3. The van der Waals surface area contributed by atoms with E-state index in [1.54, 1.807) is 4.90 Å². The number of ether oxygens (including phenoxy) is 1. The van der Waals surface area contributed by atoms with Gasteiger partial charge in [-0.2, -0.15) is 0 Å². The number of aromatic amines is 1. The van der Waals surface area contributed by atoms with E-state index < -0.39 is 54.9 Å². The van der Waals surface area contributed by atoms with Gasteiger partial charge in [0, 0.05) is 54.0 Å². The second kappa shape index (κ2) is 19.1. The highest BCUT2D eigenvalue weighted by atomic mass is 19.3. The number of carboxylic acids is 1. The van der Waals surface area contributed by atoms with Gasteiger partial charge in [0.2, 0.25) is 0 Å². The summed E-state index contributed by atoms with van der Waals surface area (Å²) in [4.78, 5) is 25.4. The molecule has 47 heavy (non-hydrogen) atoms. The predicted octanol–water partition coefficient (Wildman–Crippen LogP) is 2.83. The first-order valence-corrected chi connectivity index (χ1v) is 14.7. The number of methoxy groups -OCH3 is 1. The Morgan fingerprint density at radius 3 is 2.34 bits per heavy atom. The van der Waals surface area contributed by atoms with Crippen LogP contribution in [0.15, 0.2) is 42.5 Å². The number of carboxylic acid groups (broad SMARTS) is 1. The van der Waals surface area contributed by atoms with Gasteiger partial charge in [-0.25, -0.2) is 27.2 Å². The molecular weight excluding hydrogens is 635 g/mol. The molecule has 4 rings (SSSR count). The number of anilines is 1. The summed E-state index contributed by atoms with van der Waals surface area (Å²) in [6.07, 6.45) is -2.94. The predicted molar refractivity (Wildman–Crippen MR) is 164 cm³/mol. The molecule has 2 aromatic carbocycles. The number of nitrogens with zero attached hydrogens (tertiary/aromatic N) is 1. The van der Waals surface area contributed by atoms with Gasteiger partial charge in [-0.05, 0) is 50.1 Å². The number of carbonyl (C=O) groups is 2. The van der Waals surface area contributed by atoms with Gasteiger partial charge < -0.3 is 40.8 Å². The van der Waals surface area contributed by atoms with E-state index in [0.29, 0.717) is 38.3 Å². The third kappa shape index (κ3) is 12.7. The first-order chi connectivity index (χ1) is 22.2. The monoisotopic (exact) mass is 676 g/mol. The van der Waals surface area contributed by atoms with Crippen LogP contribution in [-0.2, 0) is 27.3 Å². The maximum atomic E-state index is 13.4. The third-order valence-corrected chi connectivity index (χ3v) is 7.03. The van der Waals surface area contributed by atoms with Crippen LogP contribution < -0.4 is 10.6 Å². The zero-order chi connectivity index (χ0) is 35.1. The number of hydrogen-bond acceptors (Lipinski definition) is 9. The van der Waals surface area contributed by atoms with E-state index in [4.69, 9.17) is 20.4 Å². The van der Waals surface area contributed by atoms with Crippen molar-refractivity contribution in [3.8, 4) is 0 Å². The Balaban J connectivity index is 0.000000257. The highest BCUT2D eigenvalue weighted by Gasteiger charge is 2.35. The molecule has 3 atom stereocenters. The molecular formula is C31H41F5N4O7. The zero-order valence-electron chi connectivity index (χ0n) is 26.0. The average Bonchev–Trinajstić information content (AvgIpc) is 3.38. The maximum Gasteiger partial charge on any atom is 0.338 e. The van der Waals surface area contributed by atoms with Crippen LogP contribution in [0, 0.1) is 11.6 Å². The lowest BCUT2D eigenvalue weighted by Gasteiger charge is -2.35. The molecule has 0 saturated carbocycles. The second-order valence-corrected chi connectivity index (χ2v) is 10.7. The number of rotatable bonds is 13. The van der Waals surface area contributed by atoms with Crippen LogP contribution in [-0.4, -0.2) is 113 Å². The van der Waals surface area contributed by atoms with Crippen LogP contribution in [0.3, 0.4) is 0 Å². The minimum atomic E-state index is -3.04. The van der Waals surface area contributed by atoms with E-state index in [1.165, 1.54) is 23.1 Å². The molecule has 1 aliphatic heterocycles. The van der Waals surface area contributed by atoms with E-state index >= 15 is 0 Å². The first kappa shape index (κ1) is 39.3. The van der Waals surface area contributed by atoms with Crippen molar-refractivity contribution < 1.29 is 56.7 Å². The summed E-state index contributed by atoms with van der Waals surface area (Å²) in [7, 11) is 0.972. The fourth-order valence-electron chi connectivity index (χ4n) is 4.62.